The second-order valence-electron chi connectivity index (χ2n) is 5.09. The molecule has 2 N–H and O–H groups in total. The number of hydrogen-bond donors (Lipinski definition) is 2. The number of methoxy groups -OCH3 is 1. The van der Waals surface area contributed by atoms with E-state index in [9.17, 15) is 24.8 Å². The monoisotopic (exact) mass is 373 g/mol. The van der Waals surface area contributed by atoms with E-state index in [1.807, 2.05) is 0 Å². The van der Waals surface area contributed by atoms with Gasteiger partial charge in [-0.1, -0.05) is 0 Å². The van der Waals surface area contributed by atoms with Crippen molar-refractivity contribution in [1.82, 2.24) is 5.43 Å². The predicted octanol–water partition coefficient (Wildman–Crippen LogP) is 1.62. The maximum Gasteiger partial charge on any atom is 0.343 e. The van der Waals surface area contributed by atoms with Crippen LogP contribution in [0.2, 0.25) is 0 Å². The number of hydrazone groups is 1. The summed E-state index contributed by atoms with van der Waals surface area (Å²) in [7, 11) is 1.26. The maximum absolute atomic E-state index is 12.0. The molecule has 2 aromatic carbocycles. The molecule has 1 amide bonds. The molecule has 0 spiro atoms. The zero-order chi connectivity index (χ0) is 19.8. The summed E-state index contributed by atoms with van der Waals surface area (Å²) in [5.74, 6) is -1.26. The van der Waals surface area contributed by atoms with E-state index in [1.54, 1.807) is 24.3 Å². The second-order valence-corrected chi connectivity index (χ2v) is 5.09. The van der Waals surface area contributed by atoms with Crippen LogP contribution in [0.1, 0.15) is 15.9 Å². The number of carbonyl (C=O) groups is 2. The molecule has 2 rings (SSSR count). The lowest BCUT2D eigenvalue weighted by molar-refractivity contribution is -0.384. The molecule has 0 aromatic heterocycles. The number of nitrogens with one attached hydrogen (secondary N) is 1. The Labute approximate surface area is 153 Å². The molecule has 0 bridgehead atoms. The van der Waals surface area contributed by atoms with E-state index in [0.717, 1.165) is 18.2 Å². The molecule has 0 fully saturated rings. The van der Waals surface area contributed by atoms with Gasteiger partial charge in [-0.25, -0.2) is 10.2 Å². The number of ether oxygens (including phenoxy) is 2. The number of aromatic hydroxyl groups is 1. The summed E-state index contributed by atoms with van der Waals surface area (Å²) in [5.41, 5.74) is 2.19. The topological polar surface area (TPSA) is 140 Å². The van der Waals surface area contributed by atoms with E-state index in [1.165, 1.54) is 13.3 Å². The third-order valence-electron chi connectivity index (χ3n) is 3.28. The normalized spacial score (nSPS) is 10.4. The van der Waals surface area contributed by atoms with Gasteiger partial charge in [-0.2, -0.15) is 5.10 Å². The predicted molar refractivity (Wildman–Crippen MR) is 93.8 cm³/mol. The number of hydrogen-bond acceptors (Lipinski definition) is 8. The zero-order valence-electron chi connectivity index (χ0n) is 14.1. The van der Waals surface area contributed by atoms with Crippen LogP contribution in [0.4, 0.5) is 5.69 Å². The highest BCUT2D eigenvalue weighted by molar-refractivity contribution is 5.98. The number of rotatable bonds is 7. The highest BCUT2D eigenvalue weighted by atomic mass is 16.6. The van der Waals surface area contributed by atoms with Gasteiger partial charge < -0.3 is 14.6 Å². The minimum atomic E-state index is -0.800. The lowest BCUT2D eigenvalue weighted by Crippen LogP contribution is -2.18. The molecule has 0 atom stereocenters. The number of phenolic OH excluding ortho intramolecular Hbond substituents is 1. The molecule has 0 aliphatic rings. The van der Waals surface area contributed by atoms with Gasteiger partial charge in [0.15, 0.2) is 6.61 Å². The first-order valence-corrected chi connectivity index (χ1v) is 7.51. The highest BCUT2D eigenvalue weighted by Crippen LogP contribution is 2.22. The Balaban J connectivity index is 1.97. The van der Waals surface area contributed by atoms with Crippen LogP contribution in [0.5, 0.6) is 11.5 Å². The molecule has 0 aliphatic heterocycles. The average Bonchev–Trinajstić information content (AvgIpc) is 2.67. The fraction of sp³-hybridized carbons (Fsp3) is 0.118. The van der Waals surface area contributed by atoms with Gasteiger partial charge in [-0.15, -0.1) is 0 Å². The Morgan fingerprint density at radius 1 is 1.26 bits per heavy atom. The number of esters is 1. The molecular weight excluding hydrogens is 358 g/mol. The number of amides is 1. The Morgan fingerprint density at radius 2 is 1.96 bits per heavy atom. The van der Waals surface area contributed by atoms with Gasteiger partial charge in [0.25, 0.3) is 11.6 Å². The van der Waals surface area contributed by atoms with Crippen molar-refractivity contribution in [3.05, 3.63) is 63.7 Å². The fourth-order valence-corrected chi connectivity index (χ4v) is 1.90. The minimum Gasteiger partial charge on any atom is -0.507 e. The number of carbonyl (C=O) groups excluding carboxylic acids is 2. The minimum absolute atomic E-state index is 0.216. The van der Waals surface area contributed by atoms with Crippen molar-refractivity contribution in [2.24, 2.45) is 5.10 Å². The molecular formula is C17H15N3O7. The standard InChI is InChI=1S/C17H15N3O7/c1-26-16(22)10-27-13-5-2-11(3-6-13)9-18-19-17(23)14-8-12(20(24)25)4-7-15(14)21/h2-9,21H,10H2,1H3,(H,19,23)/b18-9-. The van der Waals surface area contributed by atoms with E-state index < -0.39 is 22.5 Å². The molecule has 0 heterocycles. The number of nitrogens with zero attached hydrogens (tertiary/aromatic N) is 2. The summed E-state index contributed by atoms with van der Waals surface area (Å²) in [6.45, 7) is -0.216. The number of non-ortho nitro benzene ring substituents is 1. The van der Waals surface area contributed by atoms with Crippen LogP contribution in [-0.2, 0) is 9.53 Å². The van der Waals surface area contributed by atoms with E-state index in [2.05, 4.69) is 15.3 Å². The van der Waals surface area contributed by atoms with Crippen LogP contribution in [0.15, 0.2) is 47.6 Å². The molecule has 2 aromatic rings. The van der Waals surface area contributed by atoms with Crippen molar-refractivity contribution in [2.75, 3.05) is 13.7 Å². The molecule has 0 unspecified atom stereocenters. The lowest BCUT2D eigenvalue weighted by Gasteiger charge is -2.05. The van der Waals surface area contributed by atoms with E-state index >= 15 is 0 Å². The Morgan fingerprint density at radius 3 is 2.59 bits per heavy atom. The molecule has 0 saturated carbocycles. The van der Waals surface area contributed by atoms with Crippen LogP contribution < -0.4 is 10.2 Å². The van der Waals surface area contributed by atoms with Gasteiger partial charge in [0.1, 0.15) is 11.5 Å². The largest absolute Gasteiger partial charge is 0.507 e. The highest BCUT2D eigenvalue weighted by Gasteiger charge is 2.16. The Hall–Kier alpha value is -3.95. The fourth-order valence-electron chi connectivity index (χ4n) is 1.90. The van der Waals surface area contributed by atoms with Crippen LogP contribution in [-0.4, -0.2) is 41.8 Å². The van der Waals surface area contributed by atoms with E-state index in [-0.39, 0.29) is 17.9 Å². The van der Waals surface area contributed by atoms with Crippen LogP contribution in [0.3, 0.4) is 0 Å². The van der Waals surface area contributed by atoms with Gasteiger partial charge in [0.05, 0.1) is 23.8 Å². The first kappa shape index (κ1) is 19.4. The second kappa shape index (κ2) is 8.94. The molecule has 27 heavy (non-hydrogen) atoms. The summed E-state index contributed by atoms with van der Waals surface area (Å²) in [6.07, 6.45) is 1.33. The molecule has 0 saturated heterocycles. The van der Waals surface area contributed by atoms with Crippen molar-refractivity contribution < 1.29 is 29.1 Å². The van der Waals surface area contributed by atoms with Crippen molar-refractivity contribution in [2.45, 2.75) is 0 Å². The zero-order valence-corrected chi connectivity index (χ0v) is 14.1. The van der Waals surface area contributed by atoms with Gasteiger partial charge in [-0.05, 0) is 35.9 Å². The van der Waals surface area contributed by atoms with Crippen molar-refractivity contribution in [3.8, 4) is 11.5 Å². The van der Waals surface area contributed by atoms with Gasteiger partial charge >= 0.3 is 5.97 Å². The van der Waals surface area contributed by atoms with Crippen molar-refractivity contribution >= 4 is 23.8 Å². The Bertz CT molecular complexity index is 879. The average molecular weight is 373 g/mol. The smallest absolute Gasteiger partial charge is 0.343 e. The third kappa shape index (κ3) is 5.53. The quantitative estimate of drug-likeness (QED) is 0.325. The number of nitro groups is 1. The van der Waals surface area contributed by atoms with Gasteiger partial charge in [0.2, 0.25) is 0 Å². The van der Waals surface area contributed by atoms with Crippen LogP contribution >= 0.6 is 0 Å². The molecule has 0 aliphatic carbocycles. The van der Waals surface area contributed by atoms with Gasteiger partial charge in [0, 0.05) is 12.1 Å². The van der Waals surface area contributed by atoms with Crippen molar-refractivity contribution in [1.29, 1.82) is 0 Å². The van der Waals surface area contributed by atoms with Crippen LogP contribution in [0, 0.1) is 10.1 Å². The lowest BCUT2D eigenvalue weighted by atomic mass is 10.1. The summed E-state index contributed by atoms with van der Waals surface area (Å²) >= 11 is 0. The maximum atomic E-state index is 12.0. The summed E-state index contributed by atoms with van der Waals surface area (Å²) in [5, 5.41) is 24.1. The third-order valence-corrected chi connectivity index (χ3v) is 3.28. The number of nitro benzene ring substituents is 1. The SMILES string of the molecule is COC(=O)COc1ccc(/C=N\NC(=O)c2cc([N+](=O)[O-])ccc2O)cc1. The van der Waals surface area contributed by atoms with Crippen molar-refractivity contribution in [3.63, 3.8) is 0 Å². The van der Waals surface area contributed by atoms with Crippen LogP contribution in [0.25, 0.3) is 0 Å². The summed E-state index contributed by atoms with van der Waals surface area (Å²) in [4.78, 5) is 33.0. The molecule has 0 radical (unpaired) electrons. The molecule has 140 valence electrons. The summed E-state index contributed by atoms with van der Waals surface area (Å²) < 4.78 is 9.64. The summed E-state index contributed by atoms with van der Waals surface area (Å²) in [6, 6.07) is 9.55. The Kier molecular flexibility index (Phi) is 6.42. The van der Waals surface area contributed by atoms with E-state index in [4.69, 9.17) is 4.74 Å². The van der Waals surface area contributed by atoms with E-state index in [0.29, 0.717) is 11.3 Å². The molecule has 10 heteroatoms. The van der Waals surface area contributed by atoms with Gasteiger partial charge in [-0.3, -0.25) is 14.9 Å². The number of phenols is 1. The first-order valence-electron chi connectivity index (χ1n) is 7.51. The number of benzene rings is 2. The molecule has 10 nitrogen and oxygen atoms in total. The first-order chi connectivity index (χ1) is 12.9.